The number of nitrogens with one attached hydrogen (secondary N) is 1. The molecule has 2 fully saturated rings. The highest BCUT2D eigenvalue weighted by molar-refractivity contribution is 7.89. The van der Waals surface area contributed by atoms with Gasteiger partial charge < -0.3 is 15.0 Å². The van der Waals surface area contributed by atoms with Crippen LogP contribution in [0, 0.1) is 0 Å². The third kappa shape index (κ3) is 3.61. The second-order valence-corrected chi connectivity index (χ2v) is 7.81. The van der Waals surface area contributed by atoms with Crippen LogP contribution in [-0.4, -0.2) is 76.0 Å². The standard InChI is InChI=1S/C16H23N3O4S/c20-16(18-8-3-6-17-7-9-18)14-4-1-2-5-15(14)24(21,22)19-10-12-23-13-11-19/h1-2,4-5,17H,3,6-13H2. The minimum absolute atomic E-state index is 0.0918. The first kappa shape index (κ1) is 17.3. The quantitative estimate of drug-likeness (QED) is 0.836. The lowest BCUT2D eigenvalue weighted by Crippen LogP contribution is -2.42. The molecule has 0 bridgehead atoms. The average Bonchev–Trinajstić information content (AvgIpc) is 2.91. The number of hydrogen-bond acceptors (Lipinski definition) is 5. The van der Waals surface area contributed by atoms with Crippen LogP contribution in [0.4, 0.5) is 0 Å². The summed E-state index contributed by atoms with van der Waals surface area (Å²) in [5, 5.41) is 3.25. The van der Waals surface area contributed by atoms with E-state index in [-0.39, 0.29) is 16.4 Å². The Bertz CT molecular complexity index is 678. The van der Waals surface area contributed by atoms with E-state index in [2.05, 4.69) is 5.32 Å². The number of morpholine rings is 1. The third-order valence-corrected chi connectivity index (χ3v) is 6.29. The van der Waals surface area contributed by atoms with Gasteiger partial charge >= 0.3 is 0 Å². The number of carbonyl (C=O) groups is 1. The topological polar surface area (TPSA) is 79.0 Å². The molecule has 0 spiro atoms. The molecule has 8 heteroatoms. The molecule has 0 atom stereocenters. The molecule has 1 N–H and O–H groups in total. The van der Waals surface area contributed by atoms with Crippen LogP contribution in [0.1, 0.15) is 16.8 Å². The second-order valence-electron chi connectivity index (χ2n) is 5.91. The van der Waals surface area contributed by atoms with Gasteiger partial charge in [-0.05, 0) is 25.1 Å². The molecule has 132 valence electrons. The van der Waals surface area contributed by atoms with Gasteiger partial charge in [-0.1, -0.05) is 12.1 Å². The normalized spacial score (nSPS) is 20.6. The summed E-state index contributed by atoms with van der Waals surface area (Å²) in [7, 11) is -3.70. The number of sulfonamides is 1. The van der Waals surface area contributed by atoms with E-state index in [0.29, 0.717) is 39.4 Å². The zero-order valence-corrected chi connectivity index (χ0v) is 14.4. The summed E-state index contributed by atoms with van der Waals surface area (Å²) in [4.78, 5) is 14.7. The van der Waals surface area contributed by atoms with E-state index >= 15 is 0 Å². The first-order valence-electron chi connectivity index (χ1n) is 8.27. The van der Waals surface area contributed by atoms with Crippen molar-refractivity contribution in [3.8, 4) is 0 Å². The molecule has 0 aromatic heterocycles. The number of rotatable bonds is 3. The summed E-state index contributed by atoms with van der Waals surface area (Å²) in [6, 6.07) is 6.50. The van der Waals surface area contributed by atoms with E-state index < -0.39 is 10.0 Å². The molecule has 1 aromatic rings. The van der Waals surface area contributed by atoms with Gasteiger partial charge in [-0.15, -0.1) is 0 Å². The average molecular weight is 353 g/mol. The highest BCUT2D eigenvalue weighted by Gasteiger charge is 2.31. The summed E-state index contributed by atoms with van der Waals surface area (Å²) >= 11 is 0. The van der Waals surface area contributed by atoms with Crippen molar-refractivity contribution in [2.24, 2.45) is 0 Å². The first-order chi connectivity index (χ1) is 11.6. The minimum Gasteiger partial charge on any atom is -0.379 e. The van der Waals surface area contributed by atoms with Crippen LogP contribution in [0.25, 0.3) is 0 Å². The smallest absolute Gasteiger partial charge is 0.255 e. The van der Waals surface area contributed by atoms with Crippen molar-refractivity contribution in [1.82, 2.24) is 14.5 Å². The van der Waals surface area contributed by atoms with Crippen LogP contribution in [0.3, 0.4) is 0 Å². The van der Waals surface area contributed by atoms with Crippen LogP contribution < -0.4 is 5.32 Å². The van der Waals surface area contributed by atoms with E-state index in [9.17, 15) is 13.2 Å². The molecule has 7 nitrogen and oxygen atoms in total. The Morgan fingerprint density at radius 2 is 1.79 bits per heavy atom. The van der Waals surface area contributed by atoms with Gasteiger partial charge in [0.05, 0.1) is 23.7 Å². The number of nitrogens with zero attached hydrogens (tertiary/aromatic N) is 2. The van der Waals surface area contributed by atoms with Crippen molar-refractivity contribution in [2.75, 3.05) is 52.5 Å². The number of amides is 1. The molecular formula is C16H23N3O4S. The predicted molar refractivity (Wildman–Crippen MR) is 89.4 cm³/mol. The molecule has 2 heterocycles. The Hall–Kier alpha value is -1.48. The van der Waals surface area contributed by atoms with Crippen molar-refractivity contribution < 1.29 is 17.9 Å². The van der Waals surface area contributed by atoms with Gasteiger partial charge in [0.2, 0.25) is 10.0 Å². The van der Waals surface area contributed by atoms with E-state index in [0.717, 1.165) is 19.5 Å². The summed E-state index contributed by atoms with van der Waals surface area (Å²) in [6.07, 6.45) is 0.865. The van der Waals surface area contributed by atoms with Gasteiger partial charge in [0.1, 0.15) is 0 Å². The Morgan fingerprint density at radius 1 is 1.04 bits per heavy atom. The highest BCUT2D eigenvalue weighted by atomic mass is 32.2. The molecule has 24 heavy (non-hydrogen) atoms. The van der Waals surface area contributed by atoms with E-state index in [1.54, 1.807) is 23.1 Å². The monoisotopic (exact) mass is 353 g/mol. The summed E-state index contributed by atoms with van der Waals surface area (Å²) < 4.78 is 32.5. The zero-order valence-electron chi connectivity index (χ0n) is 13.6. The fourth-order valence-electron chi connectivity index (χ4n) is 3.01. The van der Waals surface area contributed by atoms with Crippen molar-refractivity contribution in [3.05, 3.63) is 29.8 Å². The fraction of sp³-hybridized carbons (Fsp3) is 0.562. The molecular weight excluding hydrogens is 330 g/mol. The molecule has 3 rings (SSSR count). The Labute approximate surface area is 142 Å². The maximum Gasteiger partial charge on any atom is 0.255 e. The summed E-state index contributed by atoms with van der Waals surface area (Å²) in [5.41, 5.74) is 0.255. The lowest BCUT2D eigenvalue weighted by molar-refractivity contribution is 0.0726. The van der Waals surface area contributed by atoms with Crippen molar-refractivity contribution in [2.45, 2.75) is 11.3 Å². The number of benzene rings is 1. The van der Waals surface area contributed by atoms with E-state index in [1.165, 1.54) is 10.4 Å². The van der Waals surface area contributed by atoms with Gasteiger partial charge in [-0.2, -0.15) is 4.31 Å². The van der Waals surface area contributed by atoms with Gasteiger partial charge in [0.25, 0.3) is 5.91 Å². The van der Waals surface area contributed by atoms with Crippen LogP contribution in [0.2, 0.25) is 0 Å². The number of carbonyl (C=O) groups excluding carboxylic acids is 1. The molecule has 2 aliphatic rings. The fourth-order valence-corrected chi connectivity index (χ4v) is 4.61. The largest absolute Gasteiger partial charge is 0.379 e. The third-order valence-electron chi connectivity index (χ3n) is 4.33. The van der Waals surface area contributed by atoms with Crippen LogP contribution in [-0.2, 0) is 14.8 Å². The Kier molecular flexibility index (Phi) is 5.50. The molecule has 0 unspecified atom stereocenters. The lowest BCUT2D eigenvalue weighted by Gasteiger charge is -2.27. The molecule has 0 radical (unpaired) electrons. The van der Waals surface area contributed by atoms with E-state index in [1.807, 2.05) is 0 Å². The van der Waals surface area contributed by atoms with Crippen LogP contribution in [0.15, 0.2) is 29.2 Å². The molecule has 2 aliphatic heterocycles. The molecule has 0 aliphatic carbocycles. The van der Waals surface area contributed by atoms with Crippen LogP contribution in [0.5, 0.6) is 0 Å². The lowest BCUT2D eigenvalue weighted by atomic mass is 10.2. The molecule has 2 saturated heterocycles. The second kappa shape index (κ2) is 7.60. The number of ether oxygens (including phenoxy) is 1. The van der Waals surface area contributed by atoms with Crippen LogP contribution >= 0.6 is 0 Å². The highest BCUT2D eigenvalue weighted by Crippen LogP contribution is 2.22. The van der Waals surface area contributed by atoms with Gasteiger partial charge in [-0.25, -0.2) is 8.42 Å². The first-order valence-corrected chi connectivity index (χ1v) is 9.71. The van der Waals surface area contributed by atoms with Crippen molar-refractivity contribution in [3.63, 3.8) is 0 Å². The van der Waals surface area contributed by atoms with Gasteiger partial charge in [0, 0.05) is 32.7 Å². The molecule has 1 aromatic carbocycles. The van der Waals surface area contributed by atoms with Crippen molar-refractivity contribution >= 4 is 15.9 Å². The zero-order chi connectivity index (χ0) is 17.0. The maximum absolute atomic E-state index is 13.0. The summed E-state index contributed by atoms with van der Waals surface area (Å²) in [6.45, 7) is 4.22. The van der Waals surface area contributed by atoms with Crippen molar-refractivity contribution in [1.29, 1.82) is 0 Å². The Morgan fingerprint density at radius 3 is 2.58 bits per heavy atom. The Balaban J connectivity index is 1.91. The predicted octanol–water partition coefficient (Wildman–Crippen LogP) is 0.143. The maximum atomic E-state index is 13.0. The SMILES string of the molecule is O=C(c1ccccc1S(=O)(=O)N1CCOCC1)N1CCCNCC1. The summed E-state index contributed by atoms with van der Waals surface area (Å²) in [5.74, 6) is -0.217. The van der Waals surface area contributed by atoms with Gasteiger partial charge in [0.15, 0.2) is 0 Å². The molecule has 1 amide bonds. The van der Waals surface area contributed by atoms with Gasteiger partial charge in [-0.3, -0.25) is 4.79 Å². The minimum atomic E-state index is -3.70. The number of hydrogen-bond donors (Lipinski definition) is 1. The molecule has 0 saturated carbocycles. The van der Waals surface area contributed by atoms with E-state index in [4.69, 9.17) is 4.74 Å².